The van der Waals surface area contributed by atoms with Gasteiger partial charge in [-0.15, -0.1) is 0 Å². The summed E-state index contributed by atoms with van der Waals surface area (Å²) in [5.41, 5.74) is 0.896. The van der Waals surface area contributed by atoms with Gasteiger partial charge in [0, 0.05) is 24.9 Å². The van der Waals surface area contributed by atoms with Crippen molar-refractivity contribution < 1.29 is 9.53 Å². The normalized spacial score (nSPS) is 30.8. The molecule has 0 atom stereocenters. The van der Waals surface area contributed by atoms with E-state index in [0.29, 0.717) is 13.2 Å². The van der Waals surface area contributed by atoms with Crippen LogP contribution in [0.1, 0.15) is 38.5 Å². The second kappa shape index (κ2) is 7.68. The van der Waals surface area contributed by atoms with Crippen LogP contribution >= 0.6 is 22.9 Å². The average Bonchev–Trinajstić information content (AvgIpc) is 3.08. The minimum absolute atomic E-state index is 0.118. The van der Waals surface area contributed by atoms with E-state index in [1.54, 1.807) is 18.4 Å². The highest BCUT2D eigenvalue weighted by Crippen LogP contribution is 2.60. The zero-order valence-corrected chi connectivity index (χ0v) is 18.3. The van der Waals surface area contributed by atoms with E-state index < -0.39 is 0 Å². The van der Waals surface area contributed by atoms with Crippen LogP contribution in [0.2, 0.25) is 5.02 Å². The van der Waals surface area contributed by atoms with Gasteiger partial charge in [-0.3, -0.25) is 4.79 Å². The highest BCUT2D eigenvalue weighted by molar-refractivity contribution is 7.12. The van der Waals surface area contributed by atoms with Crippen molar-refractivity contribution in [3.8, 4) is 10.4 Å². The summed E-state index contributed by atoms with van der Waals surface area (Å²) in [5.74, 6) is 2.35. The fourth-order valence-corrected chi connectivity index (χ4v) is 7.29. The second-order valence-electron chi connectivity index (χ2n) is 9.19. The zero-order chi connectivity index (χ0) is 20.0. The Kier molecular flexibility index (Phi) is 5.17. The van der Waals surface area contributed by atoms with Gasteiger partial charge in [0.15, 0.2) is 4.80 Å². The maximum Gasteiger partial charge on any atom is 0.254 e. The number of ether oxygens (including phenoxy) is 1. The lowest BCUT2D eigenvalue weighted by Gasteiger charge is -2.55. The number of hydrogen-bond acceptors (Lipinski definition) is 3. The average molecular weight is 431 g/mol. The quantitative estimate of drug-likeness (QED) is 0.657. The minimum atomic E-state index is -0.196. The van der Waals surface area contributed by atoms with E-state index >= 15 is 0 Å². The molecule has 0 radical (unpaired) electrons. The van der Waals surface area contributed by atoms with Crippen LogP contribution in [0.5, 0.6) is 0 Å². The molecule has 1 amide bonds. The largest absolute Gasteiger partial charge is 0.383 e. The van der Waals surface area contributed by atoms with Crippen molar-refractivity contribution in [1.82, 2.24) is 4.57 Å². The first-order valence-corrected chi connectivity index (χ1v) is 11.8. The molecular formula is C23H27ClN2O2S. The van der Waals surface area contributed by atoms with E-state index in [-0.39, 0.29) is 11.3 Å². The topological polar surface area (TPSA) is 43.6 Å². The number of rotatable bonds is 5. The van der Waals surface area contributed by atoms with Crippen molar-refractivity contribution in [3.63, 3.8) is 0 Å². The third-order valence-corrected chi connectivity index (χ3v) is 8.40. The molecule has 1 aromatic heterocycles. The van der Waals surface area contributed by atoms with Gasteiger partial charge in [-0.25, -0.2) is 0 Å². The van der Waals surface area contributed by atoms with E-state index in [1.165, 1.54) is 19.3 Å². The molecule has 6 heteroatoms. The van der Waals surface area contributed by atoms with Crippen LogP contribution in [-0.4, -0.2) is 24.2 Å². The van der Waals surface area contributed by atoms with Crippen LogP contribution in [-0.2, 0) is 16.1 Å². The first-order chi connectivity index (χ1) is 14.0. The minimum Gasteiger partial charge on any atom is -0.383 e. The van der Waals surface area contributed by atoms with Crippen molar-refractivity contribution in [2.45, 2.75) is 45.1 Å². The van der Waals surface area contributed by atoms with Crippen LogP contribution in [0, 0.1) is 23.2 Å². The Labute approximate surface area is 180 Å². The summed E-state index contributed by atoms with van der Waals surface area (Å²) >= 11 is 7.62. The number of nitrogens with zero attached hydrogens (tertiary/aromatic N) is 2. The first-order valence-electron chi connectivity index (χ1n) is 10.6. The monoisotopic (exact) mass is 430 g/mol. The Morgan fingerprint density at radius 1 is 1.17 bits per heavy atom. The molecule has 4 saturated carbocycles. The number of benzene rings is 1. The molecule has 4 nitrogen and oxygen atoms in total. The lowest BCUT2D eigenvalue weighted by molar-refractivity contribution is -0.142. The molecule has 4 aliphatic rings. The van der Waals surface area contributed by atoms with Crippen molar-refractivity contribution in [2.75, 3.05) is 13.7 Å². The van der Waals surface area contributed by atoms with Gasteiger partial charge in [-0.2, -0.15) is 4.99 Å². The number of halogens is 1. The van der Waals surface area contributed by atoms with Gasteiger partial charge in [-0.05, 0) is 74.0 Å². The third-order valence-electron chi connectivity index (χ3n) is 7.07. The van der Waals surface area contributed by atoms with Gasteiger partial charge in [0.1, 0.15) is 0 Å². The zero-order valence-electron chi connectivity index (χ0n) is 16.8. The number of thiazole rings is 1. The van der Waals surface area contributed by atoms with Crippen molar-refractivity contribution >= 4 is 28.8 Å². The Morgan fingerprint density at radius 2 is 1.79 bits per heavy atom. The Morgan fingerprint density at radius 3 is 2.38 bits per heavy atom. The number of hydrogen-bond donors (Lipinski definition) is 0. The molecule has 29 heavy (non-hydrogen) atoms. The molecule has 0 aliphatic heterocycles. The van der Waals surface area contributed by atoms with E-state index in [4.69, 9.17) is 21.3 Å². The molecule has 4 aliphatic carbocycles. The predicted molar refractivity (Wildman–Crippen MR) is 116 cm³/mol. The molecule has 0 saturated heterocycles. The summed E-state index contributed by atoms with van der Waals surface area (Å²) in [4.78, 5) is 20.1. The van der Waals surface area contributed by atoms with E-state index in [1.807, 2.05) is 24.3 Å². The molecular weight excluding hydrogens is 404 g/mol. The molecule has 0 N–H and O–H groups in total. The number of carbonyl (C=O) groups is 1. The van der Waals surface area contributed by atoms with Crippen molar-refractivity contribution in [2.24, 2.45) is 28.2 Å². The van der Waals surface area contributed by atoms with Gasteiger partial charge >= 0.3 is 0 Å². The third kappa shape index (κ3) is 3.73. The van der Waals surface area contributed by atoms with E-state index in [0.717, 1.165) is 57.3 Å². The first kappa shape index (κ1) is 19.5. The van der Waals surface area contributed by atoms with Crippen LogP contribution in [0.4, 0.5) is 0 Å². The Hall–Kier alpha value is -1.43. The van der Waals surface area contributed by atoms with Crippen molar-refractivity contribution in [1.29, 1.82) is 0 Å². The van der Waals surface area contributed by atoms with Gasteiger partial charge in [0.25, 0.3) is 5.91 Å². The number of aromatic nitrogens is 1. The molecule has 1 heterocycles. The summed E-state index contributed by atoms with van der Waals surface area (Å²) in [6, 6.07) is 7.82. The van der Waals surface area contributed by atoms with Crippen LogP contribution in [0.3, 0.4) is 0 Å². The summed E-state index contributed by atoms with van der Waals surface area (Å²) in [7, 11) is 1.70. The Bertz CT molecular complexity index is 940. The van der Waals surface area contributed by atoms with Crippen molar-refractivity contribution in [3.05, 3.63) is 40.3 Å². The van der Waals surface area contributed by atoms with Gasteiger partial charge in [-0.1, -0.05) is 35.1 Å². The molecule has 1 aromatic carbocycles. The molecule has 154 valence electrons. The van der Waals surface area contributed by atoms with E-state index in [2.05, 4.69) is 10.8 Å². The molecule has 6 rings (SSSR count). The van der Waals surface area contributed by atoms with Gasteiger partial charge in [0.2, 0.25) is 0 Å². The number of carbonyl (C=O) groups excluding carboxylic acids is 1. The predicted octanol–water partition coefficient (Wildman–Crippen LogP) is 5.16. The second-order valence-corrected chi connectivity index (χ2v) is 10.6. The fourth-order valence-electron chi connectivity index (χ4n) is 6.14. The lowest BCUT2D eigenvalue weighted by atomic mass is 9.49. The maximum absolute atomic E-state index is 13.5. The summed E-state index contributed by atoms with van der Waals surface area (Å²) in [6.45, 7) is 1.28. The Balaban J connectivity index is 1.49. The van der Waals surface area contributed by atoms with Crippen LogP contribution < -0.4 is 4.80 Å². The fraction of sp³-hybridized carbons (Fsp3) is 0.565. The molecule has 0 spiro atoms. The van der Waals surface area contributed by atoms with Gasteiger partial charge < -0.3 is 9.30 Å². The summed E-state index contributed by atoms with van der Waals surface area (Å²) in [6.07, 6.45) is 9.23. The van der Waals surface area contributed by atoms with Crippen LogP contribution in [0.25, 0.3) is 10.4 Å². The molecule has 4 bridgehead atoms. The number of amides is 1. The van der Waals surface area contributed by atoms with E-state index in [9.17, 15) is 4.79 Å². The summed E-state index contributed by atoms with van der Waals surface area (Å²) < 4.78 is 7.34. The smallest absolute Gasteiger partial charge is 0.254 e. The standard InChI is InChI=1S/C23H27ClN2O2S/c1-28-7-6-26-14-20(18-2-4-19(24)5-3-18)29-22(26)25-21(27)23-11-15-8-16(12-23)10-17(9-15)13-23/h2-5,14-17H,6-13H2,1H3/b25-22-. The van der Waals surface area contributed by atoms with Gasteiger partial charge in [0.05, 0.1) is 16.9 Å². The molecule has 4 fully saturated rings. The molecule has 2 aromatic rings. The van der Waals surface area contributed by atoms with Crippen LogP contribution in [0.15, 0.2) is 35.5 Å². The highest BCUT2D eigenvalue weighted by atomic mass is 35.5. The highest BCUT2D eigenvalue weighted by Gasteiger charge is 2.54. The number of methoxy groups -OCH3 is 1. The molecule has 0 unspecified atom stereocenters. The lowest BCUT2D eigenvalue weighted by Crippen LogP contribution is -2.49. The summed E-state index contributed by atoms with van der Waals surface area (Å²) in [5, 5.41) is 0.722. The SMILES string of the molecule is COCCn1cc(-c2ccc(Cl)cc2)s/c1=N\C(=O)C12CC3CC(CC(C3)C1)C2. The maximum atomic E-state index is 13.5.